The van der Waals surface area contributed by atoms with Gasteiger partial charge in [0.15, 0.2) is 11.2 Å². The molecule has 1 atom stereocenters. The Labute approximate surface area is 198 Å². The van der Waals surface area contributed by atoms with Gasteiger partial charge in [-0.15, -0.1) is 0 Å². The summed E-state index contributed by atoms with van der Waals surface area (Å²) in [6.45, 7) is 4.16. The molecular weight excluding hydrogens is 434 g/mol. The first kappa shape index (κ1) is 23.9. The lowest BCUT2D eigenvalue weighted by Gasteiger charge is -2.26. The number of hydrogen-bond acceptors (Lipinski definition) is 5. The molecule has 2 N–H and O–H groups in total. The van der Waals surface area contributed by atoms with Gasteiger partial charge in [-0.2, -0.15) is 0 Å². The lowest BCUT2D eigenvalue weighted by atomic mass is 9.88. The lowest BCUT2D eigenvalue weighted by molar-refractivity contribution is -0.122. The molecule has 1 aliphatic rings. The minimum absolute atomic E-state index is 0.134. The number of imidazole rings is 1. The highest BCUT2D eigenvalue weighted by Gasteiger charge is 2.24. The van der Waals surface area contributed by atoms with Crippen LogP contribution in [-0.4, -0.2) is 29.7 Å². The van der Waals surface area contributed by atoms with Crippen LogP contribution in [-0.2, 0) is 37.5 Å². The van der Waals surface area contributed by atoms with Gasteiger partial charge in [-0.1, -0.05) is 44.5 Å². The van der Waals surface area contributed by atoms with Crippen LogP contribution in [0.1, 0.15) is 68.9 Å². The molecule has 0 aliphatic heterocycles. The van der Waals surface area contributed by atoms with Gasteiger partial charge in [0.2, 0.25) is 5.91 Å². The standard InChI is InChI=1S/C25H33N5O4/c1-3-5-14-29-23-22(28(13-4-2)20(16-31)27-23)24(33)30(25(29)34)15-21(32)26-19-12-8-10-17-9-6-7-11-18(17)19/h6-7,9,11,19,31H,3-5,8,10,12-16H2,1-2H3,(H,26,32). The molecule has 2 aromatic heterocycles. The molecule has 0 bridgehead atoms. The van der Waals surface area contributed by atoms with E-state index in [1.54, 1.807) is 4.57 Å². The molecule has 4 rings (SSSR count). The smallest absolute Gasteiger partial charge is 0.333 e. The van der Waals surface area contributed by atoms with E-state index in [2.05, 4.69) is 16.4 Å². The Morgan fingerprint density at radius 2 is 1.91 bits per heavy atom. The summed E-state index contributed by atoms with van der Waals surface area (Å²) in [6.07, 6.45) is 5.09. The van der Waals surface area contributed by atoms with Crippen molar-refractivity contribution in [1.82, 2.24) is 24.0 Å². The first-order valence-electron chi connectivity index (χ1n) is 12.2. The fraction of sp³-hybridized carbons (Fsp3) is 0.520. The van der Waals surface area contributed by atoms with E-state index < -0.39 is 11.2 Å². The van der Waals surface area contributed by atoms with Crippen molar-refractivity contribution in [3.63, 3.8) is 0 Å². The van der Waals surface area contributed by atoms with Crippen LogP contribution in [0, 0.1) is 0 Å². The van der Waals surface area contributed by atoms with Crippen LogP contribution in [0.25, 0.3) is 11.2 Å². The quantitative estimate of drug-likeness (QED) is 0.501. The average molecular weight is 468 g/mol. The fourth-order valence-corrected chi connectivity index (χ4v) is 4.87. The molecular formula is C25H33N5O4. The molecule has 0 radical (unpaired) electrons. The van der Waals surface area contributed by atoms with Gasteiger partial charge in [-0.25, -0.2) is 14.3 Å². The molecule has 9 heteroatoms. The van der Waals surface area contributed by atoms with Gasteiger partial charge >= 0.3 is 5.69 Å². The summed E-state index contributed by atoms with van der Waals surface area (Å²) < 4.78 is 4.15. The number of rotatable bonds is 9. The number of unbranched alkanes of at least 4 members (excludes halogenated alkanes) is 1. The Balaban J connectivity index is 1.73. The molecule has 0 spiro atoms. The Kier molecular flexibility index (Phi) is 7.31. The molecule has 0 fully saturated rings. The number of hydrogen-bond donors (Lipinski definition) is 2. The molecule has 1 aliphatic carbocycles. The maximum atomic E-state index is 13.5. The highest BCUT2D eigenvalue weighted by atomic mass is 16.3. The predicted molar refractivity (Wildman–Crippen MR) is 130 cm³/mol. The molecule has 2 heterocycles. The van der Waals surface area contributed by atoms with E-state index in [1.807, 2.05) is 32.0 Å². The number of fused-ring (bicyclic) bond motifs is 2. The monoisotopic (exact) mass is 467 g/mol. The van der Waals surface area contributed by atoms with Gasteiger partial charge in [-0.05, 0) is 43.2 Å². The summed E-state index contributed by atoms with van der Waals surface area (Å²) in [4.78, 5) is 44.3. The topological polar surface area (TPSA) is 111 Å². The largest absolute Gasteiger partial charge is 0.388 e. The number of aliphatic hydroxyl groups excluding tert-OH is 1. The number of aromatic nitrogens is 4. The zero-order valence-electron chi connectivity index (χ0n) is 19.9. The number of nitrogens with zero attached hydrogens (tertiary/aromatic N) is 4. The van der Waals surface area contributed by atoms with Gasteiger partial charge in [-0.3, -0.25) is 14.2 Å². The average Bonchev–Trinajstić information content (AvgIpc) is 3.20. The predicted octanol–water partition coefficient (Wildman–Crippen LogP) is 2.26. The van der Waals surface area contributed by atoms with Crippen molar-refractivity contribution in [1.29, 1.82) is 0 Å². The van der Waals surface area contributed by atoms with Crippen LogP contribution in [0.4, 0.5) is 0 Å². The number of nitrogens with one attached hydrogen (secondary N) is 1. The minimum Gasteiger partial charge on any atom is -0.388 e. The summed E-state index contributed by atoms with van der Waals surface area (Å²) in [5.74, 6) is -0.0224. The first-order chi connectivity index (χ1) is 16.5. The maximum absolute atomic E-state index is 13.5. The van der Waals surface area contributed by atoms with Crippen molar-refractivity contribution in [2.45, 2.75) is 84.7 Å². The highest BCUT2D eigenvalue weighted by Crippen LogP contribution is 2.29. The molecule has 0 saturated carbocycles. The van der Waals surface area contributed by atoms with E-state index in [9.17, 15) is 19.5 Å². The van der Waals surface area contributed by atoms with E-state index in [-0.39, 0.29) is 36.3 Å². The van der Waals surface area contributed by atoms with Crippen LogP contribution in [0.3, 0.4) is 0 Å². The Morgan fingerprint density at radius 3 is 2.65 bits per heavy atom. The third-order valence-electron chi connectivity index (χ3n) is 6.52. The van der Waals surface area contributed by atoms with Crippen molar-refractivity contribution in [2.24, 2.45) is 0 Å². The van der Waals surface area contributed by atoms with Crippen molar-refractivity contribution >= 4 is 17.1 Å². The van der Waals surface area contributed by atoms with Gasteiger partial charge in [0.1, 0.15) is 19.0 Å². The minimum atomic E-state index is -0.549. The Morgan fingerprint density at radius 1 is 1.12 bits per heavy atom. The van der Waals surface area contributed by atoms with E-state index >= 15 is 0 Å². The van der Waals surface area contributed by atoms with Crippen LogP contribution >= 0.6 is 0 Å². The van der Waals surface area contributed by atoms with E-state index in [1.165, 1.54) is 10.1 Å². The Bertz CT molecular complexity index is 1300. The van der Waals surface area contributed by atoms with Crippen molar-refractivity contribution in [2.75, 3.05) is 0 Å². The van der Waals surface area contributed by atoms with Crippen molar-refractivity contribution in [3.8, 4) is 0 Å². The van der Waals surface area contributed by atoms with Gasteiger partial charge < -0.3 is 15.0 Å². The molecule has 34 heavy (non-hydrogen) atoms. The second-order valence-electron chi connectivity index (χ2n) is 8.90. The zero-order chi connectivity index (χ0) is 24.2. The Hall–Kier alpha value is -3.20. The van der Waals surface area contributed by atoms with Gasteiger partial charge in [0, 0.05) is 13.1 Å². The van der Waals surface area contributed by atoms with E-state index in [0.717, 1.165) is 48.7 Å². The molecule has 1 amide bonds. The summed E-state index contributed by atoms with van der Waals surface area (Å²) in [7, 11) is 0. The zero-order valence-corrected chi connectivity index (χ0v) is 19.9. The first-order valence-corrected chi connectivity index (χ1v) is 12.2. The number of carbonyl (C=O) groups excluding carboxylic acids is 1. The number of benzene rings is 1. The van der Waals surface area contributed by atoms with Crippen LogP contribution in [0.15, 0.2) is 33.9 Å². The molecule has 1 unspecified atom stereocenters. The second kappa shape index (κ2) is 10.4. The van der Waals surface area contributed by atoms with Crippen LogP contribution < -0.4 is 16.6 Å². The van der Waals surface area contributed by atoms with Gasteiger partial charge in [0.05, 0.1) is 6.04 Å². The maximum Gasteiger partial charge on any atom is 0.333 e. The SMILES string of the molecule is CCCCn1c(=O)n(CC(=O)NC2CCCc3ccccc32)c(=O)c2c1nc(CO)n2CCC. The third-order valence-corrected chi connectivity index (χ3v) is 6.52. The van der Waals surface area contributed by atoms with Crippen LogP contribution in [0.2, 0.25) is 0 Å². The lowest BCUT2D eigenvalue weighted by Crippen LogP contribution is -2.45. The molecule has 182 valence electrons. The number of aliphatic hydroxyl groups is 1. The van der Waals surface area contributed by atoms with Crippen molar-refractivity contribution in [3.05, 3.63) is 62.1 Å². The van der Waals surface area contributed by atoms with Crippen molar-refractivity contribution < 1.29 is 9.90 Å². The van der Waals surface area contributed by atoms with E-state index in [4.69, 9.17) is 0 Å². The summed E-state index contributed by atoms with van der Waals surface area (Å²) in [5.41, 5.74) is 1.76. The van der Waals surface area contributed by atoms with Crippen LogP contribution in [0.5, 0.6) is 0 Å². The normalized spacial score (nSPS) is 15.4. The molecule has 0 saturated heterocycles. The fourth-order valence-electron chi connectivity index (χ4n) is 4.87. The second-order valence-corrected chi connectivity index (χ2v) is 8.90. The van der Waals surface area contributed by atoms with Gasteiger partial charge in [0.25, 0.3) is 5.56 Å². The molecule has 1 aromatic carbocycles. The molecule has 9 nitrogen and oxygen atoms in total. The summed E-state index contributed by atoms with van der Waals surface area (Å²) in [5, 5.41) is 12.8. The summed E-state index contributed by atoms with van der Waals surface area (Å²) >= 11 is 0. The number of aryl methyl sites for hydroxylation is 3. The third kappa shape index (κ3) is 4.44. The highest BCUT2D eigenvalue weighted by molar-refractivity contribution is 5.77. The summed E-state index contributed by atoms with van der Waals surface area (Å²) in [6, 6.07) is 7.92. The molecule has 3 aromatic rings. The number of amides is 1. The number of carbonyl (C=O) groups is 1. The van der Waals surface area contributed by atoms with E-state index in [0.29, 0.717) is 18.9 Å².